The Balaban J connectivity index is 1.39. The summed E-state index contributed by atoms with van der Waals surface area (Å²) in [4.78, 5) is 30.2. The number of carbonyl (C=O) groups is 2. The summed E-state index contributed by atoms with van der Waals surface area (Å²) >= 11 is 0. The highest BCUT2D eigenvalue weighted by Crippen LogP contribution is 2.55. The number of H-pyrrole nitrogens is 1. The molecule has 0 amide bonds. The number of carbonyl (C=O) groups excluding carboxylic acids is 2. The van der Waals surface area contributed by atoms with Crippen LogP contribution in [0.25, 0.3) is 16.5 Å². The molecular weight excluding hydrogens is 628 g/mol. The third-order valence-corrected chi connectivity index (χ3v) is 10.9. The molecule has 0 bridgehead atoms. The third-order valence-electron chi connectivity index (χ3n) is 10.9. The van der Waals surface area contributed by atoms with Gasteiger partial charge in [-0.05, 0) is 99.3 Å². The van der Waals surface area contributed by atoms with Gasteiger partial charge in [0.1, 0.15) is 34.7 Å². The number of aromatic nitrogens is 1. The highest BCUT2D eigenvalue weighted by atomic mass is 16.6. The first kappa shape index (κ1) is 33.3. The van der Waals surface area contributed by atoms with Crippen LogP contribution < -0.4 is 19.5 Å². The molecule has 7 rings (SSSR count). The highest BCUT2D eigenvalue weighted by Gasteiger charge is 2.48. The van der Waals surface area contributed by atoms with E-state index in [-0.39, 0.29) is 42.8 Å². The van der Waals surface area contributed by atoms with Crippen LogP contribution in [0.1, 0.15) is 67.7 Å². The van der Waals surface area contributed by atoms with Crippen molar-refractivity contribution in [3.63, 3.8) is 0 Å². The summed E-state index contributed by atoms with van der Waals surface area (Å²) in [6.07, 6.45) is 5.41. The Morgan fingerprint density at radius 1 is 1.10 bits per heavy atom. The molecule has 5 N–H and O–H groups in total. The van der Waals surface area contributed by atoms with Crippen molar-refractivity contribution < 1.29 is 43.9 Å². The number of benzene rings is 2. The summed E-state index contributed by atoms with van der Waals surface area (Å²) in [6.45, 7) is 4.46. The van der Waals surface area contributed by atoms with Crippen LogP contribution in [0, 0.1) is 11.8 Å². The Kier molecular flexibility index (Phi) is 9.04. The smallest absolute Gasteiger partial charge is 0.374 e. The number of allylic oxidation sites excluding steroid dienone is 3. The van der Waals surface area contributed by atoms with Crippen molar-refractivity contribution in [3.8, 4) is 17.2 Å². The number of aliphatic hydroxyl groups excluding tert-OH is 2. The van der Waals surface area contributed by atoms with E-state index < -0.39 is 36.1 Å². The zero-order valence-electron chi connectivity index (χ0n) is 28.1. The van der Waals surface area contributed by atoms with E-state index >= 15 is 0 Å². The van der Waals surface area contributed by atoms with Gasteiger partial charge in [-0.25, -0.2) is 4.79 Å². The first-order chi connectivity index (χ1) is 23.7. The molecular formula is C38H44N2O9. The van der Waals surface area contributed by atoms with Crippen molar-refractivity contribution in [3.05, 3.63) is 70.1 Å². The van der Waals surface area contributed by atoms with Crippen LogP contribution in [0.4, 0.5) is 0 Å². The first-order valence-electron chi connectivity index (χ1n) is 17.2. The molecule has 1 saturated carbocycles. The number of aliphatic hydroxyl groups is 3. The lowest BCUT2D eigenvalue weighted by Gasteiger charge is -2.39. The molecule has 4 atom stereocenters. The largest absolute Gasteiger partial charge is 0.496 e. The number of methoxy groups -OCH3 is 1. The highest BCUT2D eigenvalue weighted by molar-refractivity contribution is 5.99. The van der Waals surface area contributed by atoms with Gasteiger partial charge in [0, 0.05) is 35.5 Å². The number of ketones is 1. The van der Waals surface area contributed by atoms with Crippen LogP contribution >= 0.6 is 0 Å². The van der Waals surface area contributed by atoms with Crippen molar-refractivity contribution in [2.75, 3.05) is 33.4 Å². The second-order valence-electron chi connectivity index (χ2n) is 13.7. The molecule has 0 radical (unpaired) electrons. The van der Waals surface area contributed by atoms with Crippen molar-refractivity contribution in [1.82, 2.24) is 10.3 Å². The van der Waals surface area contributed by atoms with Gasteiger partial charge in [0.2, 0.25) is 5.76 Å². The lowest BCUT2D eigenvalue weighted by atomic mass is 9.72. The average molecular weight is 673 g/mol. The molecule has 4 unspecified atom stereocenters. The van der Waals surface area contributed by atoms with Crippen LogP contribution in [0.3, 0.4) is 0 Å². The van der Waals surface area contributed by atoms with E-state index in [4.69, 9.17) is 18.9 Å². The van der Waals surface area contributed by atoms with Crippen LogP contribution in [-0.4, -0.2) is 77.2 Å². The lowest BCUT2D eigenvalue weighted by Crippen LogP contribution is -2.51. The van der Waals surface area contributed by atoms with Crippen LogP contribution in [0.5, 0.6) is 17.2 Å². The normalized spacial score (nSPS) is 25.1. The van der Waals surface area contributed by atoms with Crippen LogP contribution in [-0.2, 0) is 27.4 Å². The number of rotatable bonds is 8. The predicted octanol–water partition coefficient (Wildman–Crippen LogP) is 4.07. The van der Waals surface area contributed by atoms with E-state index in [0.717, 1.165) is 48.0 Å². The van der Waals surface area contributed by atoms with Gasteiger partial charge in [-0.1, -0.05) is 11.6 Å². The summed E-state index contributed by atoms with van der Waals surface area (Å²) in [5.41, 5.74) is 3.64. The van der Waals surface area contributed by atoms with E-state index in [1.54, 1.807) is 20.1 Å². The van der Waals surface area contributed by atoms with Crippen molar-refractivity contribution in [2.24, 2.45) is 11.8 Å². The molecule has 0 spiro atoms. The fraction of sp³-hybridized carbons (Fsp3) is 0.474. The Hall–Kier alpha value is -4.16. The van der Waals surface area contributed by atoms with Gasteiger partial charge in [-0.2, -0.15) is 0 Å². The number of ether oxygens (including phenoxy) is 4. The van der Waals surface area contributed by atoms with Crippen molar-refractivity contribution >= 4 is 28.2 Å². The van der Waals surface area contributed by atoms with Gasteiger partial charge in [0.25, 0.3) is 0 Å². The van der Waals surface area contributed by atoms with Gasteiger partial charge < -0.3 is 44.6 Å². The first-order valence-corrected chi connectivity index (χ1v) is 17.2. The minimum Gasteiger partial charge on any atom is -0.496 e. The van der Waals surface area contributed by atoms with E-state index in [1.807, 2.05) is 37.4 Å². The van der Waals surface area contributed by atoms with E-state index in [2.05, 4.69) is 10.3 Å². The molecule has 1 aromatic heterocycles. The molecule has 3 aromatic rings. The number of hydrogen-bond donors (Lipinski definition) is 5. The summed E-state index contributed by atoms with van der Waals surface area (Å²) < 4.78 is 24.2. The Labute approximate surface area is 284 Å². The van der Waals surface area contributed by atoms with Crippen molar-refractivity contribution in [1.29, 1.82) is 0 Å². The summed E-state index contributed by atoms with van der Waals surface area (Å²) in [5.74, 6) is -0.965. The van der Waals surface area contributed by atoms with Crippen LogP contribution in [0.15, 0.2) is 47.9 Å². The average Bonchev–Trinajstić information content (AvgIpc) is 3.78. The Bertz CT molecular complexity index is 1850. The Morgan fingerprint density at radius 3 is 2.61 bits per heavy atom. The second-order valence-corrected chi connectivity index (χ2v) is 13.7. The summed E-state index contributed by atoms with van der Waals surface area (Å²) in [6, 6.07) is 7.84. The van der Waals surface area contributed by atoms with Crippen molar-refractivity contribution in [2.45, 2.75) is 70.2 Å². The molecule has 260 valence electrons. The molecule has 49 heavy (non-hydrogen) atoms. The maximum Gasteiger partial charge on any atom is 0.374 e. The SMILES string of the molecule is CCOC(=O)C1=CC(=C2CC(CO)C(=O)C(c3ccc4[nH]ccc4c3)C2)c2c(OC)c3c(c(CO)c2O1)OC(C(C)(O)C1CCNCC1)C3. The molecule has 3 aliphatic heterocycles. The fourth-order valence-corrected chi connectivity index (χ4v) is 8.19. The maximum absolute atomic E-state index is 13.8. The maximum atomic E-state index is 13.8. The number of fused-ring (bicyclic) bond motifs is 3. The minimum absolute atomic E-state index is 0.00915. The number of piperidine rings is 1. The lowest BCUT2D eigenvalue weighted by molar-refractivity contribution is -0.141. The molecule has 2 fully saturated rings. The zero-order valence-corrected chi connectivity index (χ0v) is 28.1. The molecule has 2 aromatic carbocycles. The number of hydrogen-bond acceptors (Lipinski definition) is 10. The minimum atomic E-state index is -1.16. The number of aromatic amines is 1. The van der Waals surface area contributed by atoms with Crippen LogP contribution in [0.2, 0.25) is 0 Å². The van der Waals surface area contributed by atoms with Gasteiger partial charge >= 0.3 is 5.97 Å². The summed E-state index contributed by atoms with van der Waals surface area (Å²) in [5, 5.41) is 37.5. The fourth-order valence-electron chi connectivity index (χ4n) is 8.19. The number of nitrogens with one attached hydrogen (secondary N) is 2. The van der Waals surface area contributed by atoms with Gasteiger partial charge in [-0.3, -0.25) is 4.79 Å². The van der Waals surface area contributed by atoms with Gasteiger partial charge in [0.05, 0.1) is 38.1 Å². The third kappa shape index (κ3) is 5.72. The number of Topliss-reactive ketones (excluding diaryl/α,β-unsaturated/α-hetero) is 1. The standard InChI is InChI=1S/C38H44N2O9/c1-4-47-37(44)30-16-25(22-14-23(18-41)33(43)26(15-22)20-5-6-29-21(13-20)7-12-40-29)32-35(46-3)27-17-31(38(2,45)24-8-10-39-11-9-24)49-34(27)28(19-42)36(32)48-30/h5-7,12-13,16,23-24,26,31,39-42,45H,4,8-11,14-15,17-19H2,1-3H3. The topological polar surface area (TPSA) is 160 Å². The molecule has 1 saturated heterocycles. The van der Waals surface area contributed by atoms with E-state index in [0.29, 0.717) is 46.6 Å². The Morgan fingerprint density at radius 2 is 1.90 bits per heavy atom. The predicted molar refractivity (Wildman–Crippen MR) is 181 cm³/mol. The zero-order chi connectivity index (χ0) is 34.4. The molecule has 11 heteroatoms. The quantitative estimate of drug-likeness (QED) is 0.221. The molecule has 1 aliphatic carbocycles. The molecule has 11 nitrogen and oxygen atoms in total. The monoisotopic (exact) mass is 672 g/mol. The van der Waals surface area contributed by atoms with Gasteiger partial charge in [-0.15, -0.1) is 0 Å². The van der Waals surface area contributed by atoms with E-state index in [1.165, 1.54) is 0 Å². The summed E-state index contributed by atoms with van der Waals surface area (Å²) in [7, 11) is 1.55. The molecule has 4 aliphatic rings. The second kappa shape index (κ2) is 13.3. The molecule has 4 heterocycles. The number of esters is 1. The van der Waals surface area contributed by atoms with Gasteiger partial charge in [0.15, 0.2) is 0 Å². The van der Waals surface area contributed by atoms with E-state index in [9.17, 15) is 24.9 Å².